The Balaban J connectivity index is 1.52. The van der Waals surface area contributed by atoms with Crippen LogP contribution in [0.3, 0.4) is 0 Å². The highest BCUT2D eigenvalue weighted by Crippen LogP contribution is 2.33. The minimum Gasteiger partial charge on any atom is -0.366 e. The normalized spacial score (nSPS) is 22.4. The zero-order valence-corrected chi connectivity index (χ0v) is 15.1. The fraction of sp³-hybridized carbons (Fsp3) is 0.474. The summed E-state index contributed by atoms with van der Waals surface area (Å²) in [5.41, 5.74) is -0.915. The molecule has 0 radical (unpaired) electrons. The van der Waals surface area contributed by atoms with E-state index in [0.29, 0.717) is 45.1 Å². The third kappa shape index (κ3) is 4.28. The first-order chi connectivity index (χ1) is 13.2. The smallest absolute Gasteiger partial charge is 0.366 e. The first-order valence-electron chi connectivity index (χ1n) is 9.02. The monoisotopic (exact) mass is 399 g/mol. The second-order valence-corrected chi connectivity index (χ2v) is 7.05. The predicted molar refractivity (Wildman–Crippen MR) is 95.0 cm³/mol. The molecule has 0 atom stereocenters. The van der Waals surface area contributed by atoms with Crippen LogP contribution in [0.4, 0.5) is 23.2 Å². The molecule has 5 nitrogen and oxygen atoms in total. The van der Waals surface area contributed by atoms with Crippen LogP contribution in [0, 0.1) is 11.7 Å². The van der Waals surface area contributed by atoms with E-state index in [9.17, 15) is 27.2 Å². The van der Waals surface area contributed by atoms with Crippen molar-refractivity contribution < 1.29 is 27.2 Å². The number of rotatable bonds is 4. The van der Waals surface area contributed by atoms with Gasteiger partial charge in [-0.1, -0.05) is 6.58 Å². The van der Waals surface area contributed by atoms with Gasteiger partial charge in [-0.3, -0.25) is 9.59 Å². The van der Waals surface area contributed by atoms with Gasteiger partial charge in [-0.2, -0.15) is 13.2 Å². The van der Waals surface area contributed by atoms with E-state index >= 15 is 0 Å². The number of nitrogens with one attached hydrogen (secondary N) is 1. The molecule has 1 aliphatic heterocycles. The van der Waals surface area contributed by atoms with Crippen LogP contribution < -0.4 is 10.2 Å². The van der Waals surface area contributed by atoms with Gasteiger partial charge in [0.05, 0.1) is 11.3 Å². The maximum absolute atomic E-state index is 14.1. The number of anilines is 1. The van der Waals surface area contributed by atoms with Gasteiger partial charge in [-0.15, -0.1) is 0 Å². The molecule has 0 aromatic heterocycles. The summed E-state index contributed by atoms with van der Waals surface area (Å²) in [7, 11) is 0. The number of amides is 2. The number of nitrogens with zero attached hydrogens (tertiary/aromatic N) is 2. The lowest BCUT2D eigenvalue weighted by atomic mass is 9.79. The number of piperazine rings is 1. The number of benzene rings is 1. The summed E-state index contributed by atoms with van der Waals surface area (Å²) < 4.78 is 52.1. The standard InChI is InChI=1S/C19H21F4N3O2/c1-2-17(27)24-14-9-12(10-14)18(28)26-7-5-25(6-8-26)16-4-3-13(11-15(16)20)19(21,22)23/h2-4,11-12,14H,1,5-10H2,(H,24,27). The molecular formula is C19H21F4N3O2. The summed E-state index contributed by atoms with van der Waals surface area (Å²) in [4.78, 5) is 27.1. The van der Waals surface area contributed by atoms with Crippen molar-refractivity contribution >= 4 is 17.5 Å². The molecule has 28 heavy (non-hydrogen) atoms. The van der Waals surface area contributed by atoms with Crippen molar-refractivity contribution in [2.24, 2.45) is 5.92 Å². The van der Waals surface area contributed by atoms with Crippen LogP contribution in [0.1, 0.15) is 18.4 Å². The molecule has 1 N–H and O–H groups in total. The number of hydrogen-bond acceptors (Lipinski definition) is 3. The van der Waals surface area contributed by atoms with Crippen LogP contribution in [-0.2, 0) is 15.8 Å². The zero-order chi connectivity index (χ0) is 20.5. The van der Waals surface area contributed by atoms with Crippen LogP contribution in [-0.4, -0.2) is 48.9 Å². The molecule has 9 heteroatoms. The lowest BCUT2D eigenvalue weighted by molar-refractivity contribution is -0.140. The van der Waals surface area contributed by atoms with Crippen LogP contribution >= 0.6 is 0 Å². The van der Waals surface area contributed by atoms with Gasteiger partial charge in [0.25, 0.3) is 0 Å². The molecule has 1 aromatic carbocycles. The third-order valence-corrected chi connectivity index (χ3v) is 5.23. The number of alkyl halides is 3. The number of carbonyl (C=O) groups excluding carboxylic acids is 2. The predicted octanol–water partition coefficient (Wildman–Crippen LogP) is 2.57. The van der Waals surface area contributed by atoms with E-state index in [-0.39, 0.29) is 29.5 Å². The van der Waals surface area contributed by atoms with Crippen molar-refractivity contribution in [2.45, 2.75) is 25.1 Å². The second-order valence-electron chi connectivity index (χ2n) is 7.05. The zero-order valence-electron chi connectivity index (χ0n) is 15.1. The summed E-state index contributed by atoms with van der Waals surface area (Å²) in [6.45, 7) is 4.82. The molecular weight excluding hydrogens is 378 g/mol. The van der Waals surface area contributed by atoms with Gasteiger partial charge in [0.15, 0.2) is 0 Å². The van der Waals surface area contributed by atoms with E-state index < -0.39 is 17.6 Å². The fourth-order valence-electron chi connectivity index (χ4n) is 3.56. The minimum absolute atomic E-state index is 0.00311. The second kappa shape index (κ2) is 7.81. The van der Waals surface area contributed by atoms with Crippen molar-refractivity contribution in [1.82, 2.24) is 10.2 Å². The van der Waals surface area contributed by atoms with Crippen molar-refractivity contribution in [3.05, 3.63) is 42.2 Å². The molecule has 1 aliphatic carbocycles. The van der Waals surface area contributed by atoms with Gasteiger partial charge >= 0.3 is 6.18 Å². The molecule has 3 rings (SSSR count). The van der Waals surface area contributed by atoms with Gasteiger partial charge in [0, 0.05) is 38.1 Å². The lowest BCUT2D eigenvalue weighted by Crippen LogP contribution is -2.54. The van der Waals surface area contributed by atoms with E-state index in [4.69, 9.17) is 0 Å². The van der Waals surface area contributed by atoms with Crippen molar-refractivity contribution in [1.29, 1.82) is 0 Å². The highest BCUT2D eigenvalue weighted by Gasteiger charge is 2.38. The van der Waals surface area contributed by atoms with Gasteiger partial charge < -0.3 is 15.1 Å². The van der Waals surface area contributed by atoms with Crippen molar-refractivity contribution in [3.8, 4) is 0 Å². The van der Waals surface area contributed by atoms with Crippen molar-refractivity contribution in [3.63, 3.8) is 0 Å². The van der Waals surface area contributed by atoms with E-state index in [1.54, 1.807) is 9.80 Å². The topological polar surface area (TPSA) is 52.7 Å². The summed E-state index contributed by atoms with van der Waals surface area (Å²) in [5.74, 6) is -1.33. The Labute approximate surface area is 160 Å². The van der Waals surface area contributed by atoms with Crippen molar-refractivity contribution in [2.75, 3.05) is 31.1 Å². The Bertz CT molecular complexity index is 767. The Hall–Kier alpha value is -2.58. The molecule has 0 spiro atoms. The van der Waals surface area contributed by atoms with E-state index in [2.05, 4.69) is 11.9 Å². The summed E-state index contributed by atoms with van der Waals surface area (Å²) in [6.07, 6.45) is -2.25. The van der Waals surface area contributed by atoms with Crippen LogP contribution in [0.5, 0.6) is 0 Å². The minimum atomic E-state index is -4.59. The number of carbonyl (C=O) groups is 2. The molecule has 1 aromatic rings. The Morgan fingerprint density at radius 3 is 2.32 bits per heavy atom. The van der Waals surface area contributed by atoms with Crippen LogP contribution in [0.15, 0.2) is 30.9 Å². The highest BCUT2D eigenvalue weighted by molar-refractivity contribution is 5.87. The summed E-state index contributed by atoms with van der Waals surface area (Å²) >= 11 is 0. The average molecular weight is 399 g/mol. The maximum atomic E-state index is 14.1. The number of hydrogen-bond donors (Lipinski definition) is 1. The van der Waals surface area contributed by atoms with E-state index in [1.807, 2.05) is 0 Å². The summed E-state index contributed by atoms with van der Waals surface area (Å²) in [5, 5.41) is 2.75. The molecule has 1 saturated heterocycles. The Morgan fingerprint density at radius 1 is 1.14 bits per heavy atom. The average Bonchev–Trinajstić information content (AvgIpc) is 2.63. The van der Waals surface area contributed by atoms with Gasteiger partial charge in [0.1, 0.15) is 5.82 Å². The first-order valence-corrected chi connectivity index (χ1v) is 9.02. The summed E-state index contributed by atoms with van der Waals surface area (Å²) in [6, 6.07) is 2.47. The van der Waals surface area contributed by atoms with Gasteiger partial charge in [-0.25, -0.2) is 4.39 Å². The van der Waals surface area contributed by atoms with Gasteiger partial charge in [-0.05, 0) is 37.1 Å². The Kier molecular flexibility index (Phi) is 5.62. The third-order valence-electron chi connectivity index (χ3n) is 5.23. The van der Waals surface area contributed by atoms with E-state index in [1.165, 1.54) is 6.08 Å². The van der Waals surface area contributed by atoms with Gasteiger partial charge in [0.2, 0.25) is 11.8 Å². The molecule has 0 bridgehead atoms. The molecule has 1 heterocycles. The molecule has 0 unspecified atom stereocenters. The number of halogens is 4. The SMILES string of the molecule is C=CC(=O)NC1CC(C(=O)N2CCN(c3ccc(C(F)(F)F)cc3F)CC2)C1. The van der Waals surface area contributed by atoms with Crippen LogP contribution in [0.25, 0.3) is 0 Å². The van der Waals surface area contributed by atoms with Crippen LogP contribution in [0.2, 0.25) is 0 Å². The molecule has 2 amide bonds. The first kappa shape index (κ1) is 20.2. The molecule has 152 valence electrons. The molecule has 1 saturated carbocycles. The molecule has 2 aliphatic rings. The Morgan fingerprint density at radius 2 is 1.79 bits per heavy atom. The highest BCUT2D eigenvalue weighted by atomic mass is 19.4. The van der Waals surface area contributed by atoms with E-state index in [0.717, 1.165) is 12.1 Å². The molecule has 2 fully saturated rings. The quantitative estimate of drug-likeness (QED) is 0.626. The fourth-order valence-corrected chi connectivity index (χ4v) is 3.56. The largest absolute Gasteiger partial charge is 0.416 e. The lowest BCUT2D eigenvalue weighted by Gasteiger charge is -2.41. The maximum Gasteiger partial charge on any atom is 0.416 e.